The van der Waals surface area contributed by atoms with Gasteiger partial charge in [0.15, 0.2) is 0 Å². The Balaban J connectivity index is 1.52. The lowest BCUT2D eigenvalue weighted by molar-refractivity contribution is 0.0288. The second-order valence-electron chi connectivity index (χ2n) is 8.11. The second kappa shape index (κ2) is 8.35. The molecule has 3 rings (SSSR count). The molecule has 0 bridgehead atoms. The van der Waals surface area contributed by atoms with Gasteiger partial charge in [0.25, 0.3) is 0 Å². The first kappa shape index (κ1) is 20.4. The van der Waals surface area contributed by atoms with Crippen LogP contribution in [0.1, 0.15) is 32.8 Å². The molecule has 1 atom stereocenters. The Kier molecular flexibility index (Phi) is 5.87. The van der Waals surface area contributed by atoms with Gasteiger partial charge in [0.1, 0.15) is 5.60 Å². The van der Waals surface area contributed by atoms with Crippen LogP contribution >= 0.6 is 0 Å². The van der Waals surface area contributed by atoms with Crippen molar-refractivity contribution >= 4 is 12.1 Å². The van der Waals surface area contributed by atoms with Crippen LogP contribution in [-0.2, 0) is 4.74 Å². The molecular formula is C21H25N5O3. The fourth-order valence-corrected chi connectivity index (χ4v) is 3.14. The van der Waals surface area contributed by atoms with E-state index in [0.717, 1.165) is 12.0 Å². The third-order valence-corrected chi connectivity index (χ3v) is 4.56. The molecule has 2 amide bonds. The summed E-state index contributed by atoms with van der Waals surface area (Å²) < 4.78 is 6.64. The minimum absolute atomic E-state index is 0.175. The molecular weight excluding hydrogens is 370 g/mol. The highest BCUT2D eigenvalue weighted by molar-refractivity contribution is 5.76. The second-order valence-corrected chi connectivity index (χ2v) is 8.11. The van der Waals surface area contributed by atoms with Crippen molar-refractivity contribution in [1.82, 2.24) is 20.0 Å². The molecule has 1 aliphatic rings. The number of rotatable bonds is 3. The third-order valence-electron chi connectivity index (χ3n) is 4.56. The van der Waals surface area contributed by atoms with E-state index >= 15 is 0 Å². The number of aromatic nitrogens is 2. The Morgan fingerprint density at radius 1 is 1.34 bits per heavy atom. The van der Waals surface area contributed by atoms with Crippen molar-refractivity contribution < 1.29 is 14.3 Å². The molecule has 8 heteroatoms. The lowest BCUT2D eigenvalue weighted by Crippen LogP contribution is -2.37. The Morgan fingerprint density at radius 2 is 2.14 bits per heavy atom. The van der Waals surface area contributed by atoms with Crippen LogP contribution in [0, 0.1) is 17.2 Å². The van der Waals surface area contributed by atoms with Crippen molar-refractivity contribution in [2.75, 3.05) is 19.6 Å². The molecule has 2 aromatic rings. The Morgan fingerprint density at radius 3 is 2.86 bits per heavy atom. The number of nitrogens with zero attached hydrogens (tertiary/aromatic N) is 4. The van der Waals surface area contributed by atoms with Gasteiger partial charge >= 0.3 is 12.1 Å². The van der Waals surface area contributed by atoms with E-state index < -0.39 is 5.60 Å². The van der Waals surface area contributed by atoms with Gasteiger partial charge in [0, 0.05) is 31.4 Å². The van der Waals surface area contributed by atoms with Gasteiger partial charge in [-0.3, -0.25) is 0 Å². The first-order chi connectivity index (χ1) is 13.7. The molecule has 1 fully saturated rings. The van der Waals surface area contributed by atoms with Gasteiger partial charge in [0.05, 0.1) is 17.3 Å². The first-order valence-corrected chi connectivity index (χ1v) is 9.57. The highest BCUT2D eigenvalue weighted by Gasteiger charge is 2.30. The fraction of sp³-hybridized carbons (Fsp3) is 0.429. The van der Waals surface area contributed by atoms with Gasteiger partial charge < -0.3 is 15.0 Å². The summed E-state index contributed by atoms with van der Waals surface area (Å²) in [5.41, 5.74) is 1.42. The summed E-state index contributed by atoms with van der Waals surface area (Å²) in [6.45, 7) is 7.16. The van der Waals surface area contributed by atoms with Gasteiger partial charge in [-0.15, -0.1) is 0 Å². The maximum atomic E-state index is 12.4. The maximum absolute atomic E-state index is 12.4. The van der Waals surface area contributed by atoms with Crippen LogP contribution in [-0.4, -0.2) is 52.0 Å². The summed E-state index contributed by atoms with van der Waals surface area (Å²) in [5, 5.41) is 16.2. The highest BCUT2D eigenvalue weighted by Crippen LogP contribution is 2.20. The summed E-state index contributed by atoms with van der Waals surface area (Å²) in [6, 6.07) is 10.6. The van der Waals surface area contributed by atoms with Gasteiger partial charge in [-0.05, 0) is 51.3 Å². The summed E-state index contributed by atoms with van der Waals surface area (Å²) in [6.07, 6.45) is 2.08. The Hall–Kier alpha value is -3.34. The molecule has 0 aliphatic carbocycles. The summed E-state index contributed by atoms with van der Waals surface area (Å²) in [7, 11) is 0. The van der Waals surface area contributed by atoms with E-state index in [9.17, 15) is 9.59 Å². The average molecular weight is 395 g/mol. The molecule has 0 radical (unpaired) electrons. The smallest absolute Gasteiger partial charge is 0.410 e. The van der Waals surface area contributed by atoms with E-state index in [-0.39, 0.29) is 18.0 Å². The van der Waals surface area contributed by atoms with Crippen LogP contribution in [0.15, 0.2) is 36.5 Å². The number of hydrogen-bond donors (Lipinski definition) is 1. The van der Waals surface area contributed by atoms with Crippen LogP contribution in [0.4, 0.5) is 9.59 Å². The molecule has 152 valence electrons. The molecule has 1 aromatic heterocycles. The van der Waals surface area contributed by atoms with Crippen molar-refractivity contribution in [3.63, 3.8) is 0 Å². The standard InChI is InChI=1S/C21H25N5O3/c1-21(2,3)29-20(28)25-9-7-16(14-25)13-23-19(27)26-10-8-18(24-26)17-6-4-5-15(11-17)12-22/h4-6,8,10-11,16H,7,9,13-14H2,1-3H3,(H,23,27). The van der Waals surface area contributed by atoms with E-state index in [0.29, 0.717) is 30.9 Å². The van der Waals surface area contributed by atoms with Crippen molar-refractivity contribution in [2.45, 2.75) is 32.8 Å². The number of benzene rings is 1. The number of nitrogens with one attached hydrogen (secondary N) is 1. The van der Waals surface area contributed by atoms with Crippen LogP contribution in [0.25, 0.3) is 11.3 Å². The highest BCUT2D eigenvalue weighted by atomic mass is 16.6. The van der Waals surface area contributed by atoms with E-state index in [4.69, 9.17) is 10.00 Å². The molecule has 0 saturated carbocycles. The third kappa shape index (κ3) is 5.35. The molecule has 1 N–H and O–H groups in total. The summed E-state index contributed by atoms with van der Waals surface area (Å²) >= 11 is 0. The minimum atomic E-state index is -0.520. The lowest BCUT2D eigenvalue weighted by Gasteiger charge is -2.24. The quantitative estimate of drug-likeness (QED) is 0.860. The van der Waals surface area contributed by atoms with Crippen LogP contribution in [0.3, 0.4) is 0 Å². The molecule has 1 aromatic carbocycles. The van der Waals surface area contributed by atoms with E-state index in [1.165, 1.54) is 4.68 Å². The zero-order valence-corrected chi connectivity index (χ0v) is 16.9. The predicted octanol–water partition coefficient (Wildman–Crippen LogP) is 3.24. The fourth-order valence-electron chi connectivity index (χ4n) is 3.14. The minimum Gasteiger partial charge on any atom is -0.444 e. The number of carbonyl (C=O) groups is 2. The van der Waals surface area contributed by atoms with Crippen LogP contribution in [0.5, 0.6) is 0 Å². The summed E-state index contributed by atoms with van der Waals surface area (Å²) in [5.74, 6) is 0.175. The van der Waals surface area contributed by atoms with Crippen molar-refractivity contribution in [3.8, 4) is 17.3 Å². The van der Waals surface area contributed by atoms with Gasteiger partial charge in [-0.2, -0.15) is 15.0 Å². The van der Waals surface area contributed by atoms with E-state index in [1.54, 1.807) is 35.4 Å². The van der Waals surface area contributed by atoms with Crippen molar-refractivity contribution in [3.05, 3.63) is 42.1 Å². The molecule has 0 spiro atoms. The Bertz CT molecular complexity index is 938. The van der Waals surface area contributed by atoms with Gasteiger partial charge in [-0.25, -0.2) is 9.59 Å². The van der Waals surface area contributed by atoms with Crippen molar-refractivity contribution in [2.24, 2.45) is 5.92 Å². The van der Waals surface area contributed by atoms with E-state index in [2.05, 4.69) is 16.5 Å². The molecule has 2 heterocycles. The first-order valence-electron chi connectivity index (χ1n) is 9.57. The maximum Gasteiger partial charge on any atom is 0.410 e. The largest absolute Gasteiger partial charge is 0.444 e. The molecule has 29 heavy (non-hydrogen) atoms. The lowest BCUT2D eigenvalue weighted by atomic mass is 10.1. The molecule has 1 unspecified atom stereocenters. The monoisotopic (exact) mass is 395 g/mol. The number of nitriles is 1. The SMILES string of the molecule is CC(C)(C)OC(=O)N1CCC(CNC(=O)n2ccc(-c3cccc(C#N)c3)n2)C1. The Labute approximate surface area is 170 Å². The number of carbonyl (C=O) groups excluding carboxylic acids is 2. The number of ether oxygens (including phenoxy) is 1. The molecule has 1 aliphatic heterocycles. The van der Waals surface area contributed by atoms with Crippen LogP contribution in [0.2, 0.25) is 0 Å². The van der Waals surface area contributed by atoms with Crippen LogP contribution < -0.4 is 5.32 Å². The van der Waals surface area contributed by atoms with E-state index in [1.807, 2.05) is 26.8 Å². The predicted molar refractivity (Wildman–Crippen MR) is 107 cm³/mol. The topological polar surface area (TPSA) is 100 Å². The molecule has 1 saturated heterocycles. The average Bonchev–Trinajstić information content (AvgIpc) is 3.34. The summed E-state index contributed by atoms with van der Waals surface area (Å²) in [4.78, 5) is 26.2. The van der Waals surface area contributed by atoms with Gasteiger partial charge in [0.2, 0.25) is 0 Å². The zero-order chi connectivity index (χ0) is 21.0. The number of hydrogen-bond acceptors (Lipinski definition) is 5. The van der Waals surface area contributed by atoms with Crippen molar-refractivity contribution in [1.29, 1.82) is 5.26 Å². The number of likely N-dealkylation sites (tertiary alicyclic amines) is 1. The number of amides is 2. The zero-order valence-electron chi connectivity index (χ0n) is 16.9. The normalized spacial score (nSPS) is 16.3. The molecule has 8 nitrogen and oxygen atoms in total. The van der Waals surface area contributed by atoms with Gasteiger partial charge in [-0.1, -0.05) is 12.1 Å².